The van der Waals surface area contributed by atoms with E-state index in [0.717, 1.165) is 55.5 Å². The molecule has 1 N–H and O–H groups in total. The van der Waals surface area contributed by atoms with Gasteiger partial charge in [-0.3, -0.25) is 4.98 Å². The molecule has 5 rings (SSSR count). The first kappa shape index (κ1) is 23.7. The summed E-state index contributed by atoms with van der Waals surface area (Å²) in [6.07, 6.45) is 14.6. The molecule has 6 heteroatoms. The molecule has 1 aliphatic carbocycles. The van der Waals surface area contributed by atoms with Gasteiger partial charge < -0.3 is 15.1 Å². The third kappa shape index (κ3) is 6.57. The number of piperazine rings is 1. The van der Waals surface area contributed by atoms with Gasteiger partial charge in [0.15, 0.2) is 0 Å². The van der Waals surface area contributed by atoms with E-state index in [1.165, 1.54) is 56.3 Å². The van der Waals surface area contributed by atoms with Crippen molar-refractivity contribution in [2.75, 3.05) is 43.4 Å². The van der Waals surface area contributed by atoms with Crippen LogP contribution in [0.1, 0.15) is 50.6 Å². The van der Waals surface area contributed by atoms with Gasteiger partial charge in [0, 0.05) is 61.2 Å². The molecule has 1 aliphatic heterocycles. The van der Waals surface area contributed by atoms with E-state index in [-0.39, 0.29) is 0 Å². The summed E-state index contributed by atoms with van der Waals surface area (Å²) in [5, 5.41) is 3.35. The molecule has 0 amide bonds. The van der Waals surface area contributed by atoms with Crippen LogP contribution in [-0.4, -0.2) is 53.1 Å². The summed E-state index contributed by atoms with van der Waals surface area (Å²) in [7, 11) is 2.18. The van der Waals surface area contributed by atoms with Crippen molar-refractivity contribution in [2.24, 2.45) is 5.92 Å². The molecular weight excluding hydrogens is 432 g/mol. The molecule has 2 fully saturated rings. The van der Waals surface area contributed by atoms with Gasteiger partial charge >= 0.3 is 0 Å². The van der Waals surface area contributed by atoms with Gasteiger partial charge in [0.25, 0.3) is 0 Å². The van der Waals surface area contributed by atoms with Crippen LogP contribution in [0.4, 0.5) is 17.3 Å². The second kappa shape index (κ2) is 11.6. The summed E-state index contributed by atoms with van der Waals surface area (Å²) < 4.78 is 0. The van der Waals surface area contributed by atoms with Gasteiger partial charge in [0.2, 0.25) is 5.95 Å². The van der Waals surface area contributed by atoms with E-state index >= 15 is 0 Å². The highest BCUT2D eigenvalue weighted by Crippen LogP contribution is 2.28. The maximum atomic E-state index is 4.73. The van der Waals surface area contributed by atoms with Crippen LogP contribution in [-0.2, 0) is 6.42 Å². The van der Waals surface area contributed by atoms with E-state index in [1.54, 1.807) is 6.20 Å². The van der Waals surface area contributed by atoms with Gasteiger partial charge in [-0.15, -0.1) is 0 Å². The first-order chi connectivity index (χ1) is 17.2. The van der Waals surface area contributed by atoms with Crippen LogP contribution in [0.25, 0.3) is 11.3 Å². The van der Waals surface area contributed by atoms with Crippen molar-refractivity contribution in [2.45, 2.75) is 51.4 Å². The molecule has 35 heavy (non-hydrogen) atoms. The van der Waals surface area contributed by atoms with Gasteiger partial charge in [-0.2, -0.15) is 0 Å². The predicted molar refractivity (Wildman–Crippen MR) is 144 cm³/mol. The molecule has 184 valence electrons. The Balaban J connectivity index is 1.16. The second-order valence-electron chi connectivity index (χ2n) is 10.2. The average Bonchev–Trinajstić information content (AvgIpc) is 2.91. The zero-order valence-corrected chi connectivity index (χ0v) is 21.0. The van der Waals surface area contributed by atoms with Crippen LogP contribution in [0.15, 0.2) is 54.9 Å². The Morgan fingerprint density at radius 3 is 2.43 bits per heavy atom. The second-order valence-corrected chi connectivity index (χ2v) is 10.2. The Morgan fingerprint density at radius 2 is 1.69 bits per heavy atom. The van der Waals surface area contributed by atoms with Crippen molar-refractivity contribution < 1.29 is 0 Å². The quantitative estimate of drug-likeness (QED) is 0.440. The topological polar surface area (TPSA) is 57.2 Å². The zero-order valence-electron chi connectivity index (χ0n) is 21.0. The fraction of sp³-hybridized carbons (Fsp3) is 0.483. The Bertz CT molecular complexity index is 1050. The lowest BCUT2D eigenvalue weighted by Crippen LogP contribution is -2.44. The van der Waals surface area contributed by atoms with Crippen LogP contribution in [0.2, 0.25) is 0 Å². The number of nitrogens with zero attached hydrogens (tertiary/aromatic N) is 5. The van der Waals surface area contributed by atoms with Crippen molar-refractivity contribution in [3.63, 3.8) is 0 Å². The average molecular weight is 471 g/mol. The lowest BCUT2D eigenvalue weighted by molar-refractivity contribution is 0.313. The summed E-state index contributed by atoms with van der Waals surface area (Å²) in [6.45, 7) is 4.36. The van der Waals surface area contributed by atoms with Crippen LogP contribution >= 0.6 is 0 Å². The van der Waals surface area contributed by atoms with Crippen molar-refractivity contribution >= 4 is 17.3 Å². The summed E-state index contributed by atoms with van der Waals surface area (Å²) in [4.78, 5) is 18.7. The fourth-order valence-electron chi connectivity index (χ4n) is 5.30. The molecule has 3 aromatic rings. The highest BCUT2D eigenvalue weighted by Gasteiger charge is 2.15. The first-order valence-corrected chi connectivity index (χ1v) is 13.3. The largest absolute Gasteiger partial charge is 0.369 e. The Labute approximate surface area is 209 Å². The molecule has 0 spiro atoms. The molecule has 0 unspecified atom stereocenters. The Hall–Kier alpha value is -2.99. The van der Waals surface area contributed by atoms with Crippen molar-refractivity contribution in [3.8, 4) is 11.3 Å². The number of hydrogen-bond donors (Lipinski definition) is 1. The van der Waals surface area contributed by atoms with Gasteiger partial charge in [-0.1, -0.05) is 38.5 Å². The number of aryl methyl sites for hydroxylation is 1. The number of hydrogen-bond acceptors (Lipinski definition) is 6. The third-order valence-electron chi connectivity index (χ3n) is 7.54. The van der Waals surface area contributed by atoms with Crippen LogP contribution in [0, 0.1) is 5.92 Å². The van der Waals surface area contributed by atoms with Crippen molar-refractivity contribution in [3.05, 3.63) is 60.6 Å². The standard InChI is InChI=1S/C29H38N6/c1-34-18-20-35(21-19-34)27-14-12-26(13-15-27)32-29-30-17-16-28(33-29)24-10-11-25(31-22-24)9-5-8-23-6-3-2-4-7-23/h10-17,22-23H,2-9,18-21H2,1H3,(H,30,32,33). The minimum Gasteiger partial charge on any atom is -0.369 e. The molecular formula is C29H38N6. The Kier molecular flexibility index (Phi) is 7.89. The number of rotatable bonds is 8. The van der Waals surface area contributed by atoms with E-state index < -0.39 is 0 Å². The van der Waals surface area contributed by atoms with E-state index in [0.29, 0.717) is 5.95 Å². The van der Waals surface area contributed by atoms with Crippen molar-refractivity contribution in [1.29, 1.82) is 0 Å². The molecule has 0 radical (unpaired) electrons. The lowest BCUT2D eigenvalue weighted by Gasteiger charge is -2.34. The molecule has 0 atom stereocenters. The van der Waals surface area contributed by atoms with Gasteiger partial charge in [-0.05, 0) is 68.3 Å². The molecule has 1 saturated carbocycles. The Morgan fingerprint density at radius 1 is 0.886 bits per heavy atom. The number of benzene rings is 1. The zero-order chi connectivity index (χ0) is 23.9. The summed E-state index contributed by atoms with van der Waals surface area (Å²) in [6, 6.07) is 14.8. The number of aromatic nitrogens is 3. The van der Waals surface area contributed by atoms with Crippen LogP contribution in [0.5, 0.6) is 0 Å². The summed E-state index contributed by atoms with van der Waals surface area (Å²) in [5.74, 6) is 1.55. The van der Waals surface area contributed by atoms with Crippen LogP contribution in [0.3, 0.4) is 0 Å². The molecule has 1 aromatic carbocycles. The lowest BCUT2D eigenvalue weighted by atomic mass is 9.85. The minimum atomic E-state index is 0.603. The molecule has 2 aliphatic rings. The number of nitrogens with one attached hydrogen (secondary N) is 1. The number of likely N-dealkylation sites (N-methyl/N-ethyl adjacent to an activating group) is 1. The monoisotopic (exact) mass is 470 g/mol. The van der Waals surface area contributed by atoms with Gasteiger partial charge in [0.05, 0.1) is 5.69 Å². The van der Waals surface area contributed by atoms with Gasteiger partial charge in [0.1, 0.15) is 0 Å². The number of pyridine rings is 1. The minimum absolute atomic E-state index is 0.603. The van der Waals surface area contributed by atoms with E-state index in [4.69, 9.17) is 9.97 Å². The maximum Gasteiger partial charge on any atom is 0.227 e. The van der Waals surface area contributed by atoms with Crippen molar-refractivity contribution in [1.82, 2.24) is 19.9 Å². The van der Waals surface area contributed by atoms with Gasteiger partial charge in [-0.25, -0.2) is 9.97 Å². The van der Waals surface area contributed by atoms with E-state index in [2.05, 4.69) is 63.5 Å². The molecule has 3 heterocycles. The smallest absolute Gasteiger partial charge is 0.227 e. The predicted octanol–water partition coefficient (Wildman–Crippen LogP) is 5.94. The molecule has 6 nitrogen and oxygen atoms in total. The molecule has 2 aromatic heterocycles. The highest BCUT2D eigenvalue weighted by atomic mass is 15.2. The fourth-order valence-corrected chi connectivity index (χ4v) is 5.30. The van der Waals surface area contributed by atoms with Crippen LogP contribution < -0.4 is 10.2 Å². The summed E-state index contributed by atoms with van der Waals surface area (Å²) in [5.41, 5.74) is 5.35. The molecule has 0 bridgehead atoms. The third-order valence-corrected chi connectivity index (χ3v) is 7.54. The normalized spacial score (nSPS) is 17.5. The maximum absolute atomic E-state index is 4.73. The highest BCUT2D eigenvalue weighted by molar-refractivity contribution is 5.63. The number of anilines is 3. The van der Waals surface area contributed by atoms with E-state index in [9.17, 15) is 0 Å². The van der Waals surface area contributed by atoms with E-state index in [1.807, 2.05) is 12.3 Å². The molecule has 1 saturated heterocycles. The first-order valence-electron chi connectivity index (χ1n) is 13.3. The summed E-state index contributed by atoms with van der Waals surface area (Å²) >= 11 is 0. The SMILES string of the molecule is CN1CCN(c2ccc(Nc3nccc(-c4ccc(CCCC5CCCCC5)nc4)n3)cc2)CC1.